The molecule has 0 radical (unpaired) electrons. The van der Waals surface area contributed by atoms with E-state index in [1.54, 1.807) is 63.2 Å². The Hall–Kier alpha value is -3.97. The first-order valence-electron chi connectivity index (χ1n) is 13.3. The fraction of sp³-hybridized carbons (Fsp3) is 0.273. The Morgan fingerprint density at radius 3 is 2.15 bits per heavy atom. The third kappa shape index (κ3) is 6.96. The van der Waals surface area contributed by atoms with Gasteiger partial charge >= 0.3 is 5.97 Å². The number of aryl methyl sites for hydroxylation is 3. The average molecular weight is 558 g/mol. The van der Waals surface area contributed by atoms with E-state index >= 15 is 0 Å². The number of sulfonamides is 1. The van der Waals surface area contributed by atoms with Gasteiger partial charge in [-0.1, -0.05) is 60.7 Å². The molecule has 7 heteroatoms. The second-order valence-corrected chi connectivity index (χ2v) is 12.9. The van der Waals surface area contributed by atoms with Gasteiger partial charge in [0.15, 0.2) is 5.78 Å². The van der Waals surface area contributed by atoms with Crippen LogP contribution in [0.15, 0.2) is 89.8 Å². The third-order valence-corrected chi connectivity index (χ3v) is 8.16. The molecule has 0 aliphatic carbocycles. The topological polar surface area (TPSA) is 80.8 Å². The fourth-order valence-corrected chi connectivity index (χ4v) is 6.31. The Morgan fingerprint density at radius 1 is 0.825 bits per heavy atom. The van der Waals surface area contributed by atoms with Crippen molar-refractivity contribution in [3.05, 3.63) is 107 Å². The van der Waals surface area contributed by atoms with E-state index in [0.717, 1.165) is 26.4 Å². The lowest BCUT2D eigenvalue weighted by Crippen LogP contribution is -2.39. The number of hydrogen-bond acceptors (Lipinski definition) is 5. The minimum absolute atomic E-state index is 0.00988. The maximum Gasteiger partial charge on any atom is 0.327 e. The molecular formula is C33H35NO5S. The molecule has 0 N–H and O–H groups in total. The first kappa shape index (κ1) is 29.0. The van der Waals surface area contributed by atoms with Crippen LogP contribution in [0.5, 0.6) is 0 Å². The van der Waals surface area contributed by atoms with Crippen molar-refractivity contribution >= 4 is 38.2 Å². The summed E-state index contributed by atoms with van der Waals surface area (Å²) in [5, 5.41) is 1.43. The molecule has 0 spiro atoms. The highest BCUT2D eigenvalue weighted by Gasteiger charge is 2.30. The number of ketones is 1. The van der Waals surface area contributed by atoms with Gasteiger partial charge in [0.1, 0.15) is 12.1 Å². The van der Waals surface area contributed by atoms with E-state index in [9.17, 15) is 18.0 Å². The molecule has 6 nitrogen and oxygen atoms in total. The number of rotatable bonds is 9. The first-order valence-corrected chi connectivity index (χ1v) is 14.7. The molecule has 4 aromatic rings. The molecule has 4 rings (SSSR count). The monoisotopic (exact) mass is 557 g/mol. The van der Waals surface area contributed by atoms with E-state index < -0.39 is 28.1 Å². The van der Waals surface area contributed by atoms with E-state index in [1.165, 1.54) is 0 Å². The molecule has 0 atom stereocenters. The van der Waals surface area contributed by atoms with E-state index in [1.807, 2.05) is 56.3 Å². The van der Waals surface area contributed by atoms with Crippen LogP contribution in [0.2, 0.25) is 0 Å². The largest absolute Gasteiger partial charge is 0.459 e. The average Bonchev–Trinajstić information content (AvgIpc) is 2.88. The summed E-state index contributed by atoms with van der Waals surface area (Å²) >= 11 is 0. The summed E-state index contributed by atoms with van der Waals surface area (Å²) in [7, 11) is -4.12. The molecule has 0 aliphatic rings. The smallest absolute Gasteiger partial charge is 0.327 e. The molecular weight excluding hydrogens is 522 g/mol. The van der Waals surface area contributed by atoms with Gasteiger partial charge in [-0.3, -0.25) is 13.9 Å². The van der Waals surface area contributed by atoms with Crippen LogP contribution in [-0.4, -0.2) is 32.3 Å². The van der Waals surface area contributed by atoms with E-state index in [2.05, 4.69) is 0 Å². The van der Waals surface area contributed by atoms with Gasteiger partial charge in [-0.25, -0.2) is 8.42 Å². The number of carbonyl (C=O) groups is 2. The standard InChI is InChI=1S/C33H35NO5S/c1-23-18-24(2)20-28(19-23)40(37,38)34(22-32(36)39-33(3,4)5)27-15-16-29-26(21-27)12-9-13-30(29)31(35)17-14-25-10-7-6-8-11-25/h6-13,15-16,18-21H,14,17,22H2,1-5H3. The number of ether oxygens (including phenoxy) is 1. The van der Waals surface area contributed by atoms with Gasteiger partial charge in [-0.2, -0.15) is 0 Å². The Labute approximate surface area is 236 Å². The summed E-state index contributed by atoms with van der Waals surface area (Å²) in [6.07, 6.45) is 0.989. The van der Waals surface area contributed by atoms with Crippen molar-refractivity contribution in [1.29, 1.82) is 0 Å². The van der Waals surface area contributed by atoms with Crippen molar-refractivity contribution in [2.45, 2.75) is 58.0 Å². The second-order valence-electron chi connectivity index (χ2n) is 11.0. The van der Waals surface area contributed by atoms with E-state index in [-0.39, 0.29) is 10.7 Å². The third-order valence-electron chi connectivity index (χ3n) is 6.41. The lowest BCUT2D eigenvalue weighted by Gasteiger charge is -2.27. The zero-order valence-corrected chi connectivity index (χ0v) is 24.4. The van der Waals surface area contributed by atoms with Crippen LogP contribution >= 0.6 is 0 Å². The Balaban J connectivity index is 1.72. The Kier molecular flexibility index (Phi) is 8.45. The zero-order valence-electron chi connectivity index (χ0n) is 23.6. The summed E-state index contributed by atoms with van der Waals surface area (Å²) < 4.78 is 34.4. The van der Waals surface area contributed by atoms with Crippen LogP contribution in [-0.2, 0) is 26.0 Å². The predicted molar refractivity (Wildman–Crippen MR) is 159 cm³/mol. The van der Waals surface area contributed by atoms with Crippen molar-refractivity contribution in [2.24, 2.45) is 0 Å². The van der Waals surface area contributed by atoms with Crippen LogP contribution in [0.4, 0.5) is 5.69 Å². The number of esters is 1. The molecule has 0 fully saturated rings. The maximum absolute atomic E-state index is 13.9. The van der Waals surface area contributed by atoms with Crippen LogP contribution in [0.1, 0.15) is 54.2 Å². The SMILES string of the molecule is Cc1cc(C)cc(S(=O)(=O)N(CC(=O)OC(C)(C)C)c2ccc3c(C(=O)CCc4ccccc4)cccc3c2)c1. The minimum Gasteiger partial charge on any atom is -0.459 e. The number of Topliss-reactive ketones (excluding diaryl/α,β-unsaturated/α-hetero) is 1. The summed E-state index contributed by atoms with van der Waals surface area (Å²) in [5.74, 6) is -0.652. The second kappa shape index (κ2) is 11.6. The van der Waals surface area contributed by atoms with Crippen molar-refractivity contribution in [3.63, 3.8) is 0 Å². The van der Waals surface area contributed by atoms with Gasteiger partial charge in [0.05, 0.1) is 10.6 Å². The van der Waals surface area contributed by atoms with Gasteiger partial charge in [-0.15, -0.1) is 0 Å². The number of carbonyl (C=O) groups excluding carboxylic acids is 2. The molecule has 0 heterocycles. The number of fused-ring (bicyclic) bond motifs is 1. The molecule has 0 saturated carbocycles. The van der Waals surface area contributed by atoms with Crippen LogP contribution in [0.3, 0.4) is 0 Å². The van der Waals surface area contributed by atoms with Gasteiger partial charge in [0.2, 0.25) is 0 Å². The highest BCUT2D eigenvalue weighted by Crippen LogP contribution is 2.30. The van der Waals surface area contributed by atoms with E-state index in [0.29, 0.717) is 29.5 Å². The lowest BCUT2D eigenvalue weighted by atomic mass is 9.97. The summed E-state index contributed by atoms with van der Waals surface area (Å²) in [5.41, 5.74) is 2.81. The number of benzene rings is 4. The molecule has 4 aromatic carbocycles. The van der Waals surface area contributed by atoms with Gasteiger partial charge in [0.25, 0.3) is 10.0 Å². The molecule has 208 valence electrons. The highest BCUT2D eigenvalue weighted by atomic mass is 32.2. The van der Waals surface area contributed by atoms with Crippen molar-refractivity contribution < 1.29 is 22.7 Å². The summed E-state index contributed by atoms with van der Waals surface area (Å²) in [6.45, 7) is 8.38. The van der Waals surface area contributed by atoms with Gasteiger partial charge in [0, 0.05) is 12.0 Å². The minimum atomic E-state index is -4.12. The molecule has 0 aliphatic heterocycles. The molecule has 0 saturated heterocycles. The number of nitrogens with zero attached hydrogens (tertiary/aromatic N) is 1. The maximum atomic E-state index is 13.9. The van der Waals surface area contributed by atoms with Crippen molar-refractivity contribution in [1.82, 2.24) is 0 Å². The summed E-state index contributed by atoms with van der Waals surface area (Å²) in [4.78, 5) is 26.1. The first-order chi connectivity index (χ1) is 18.8. The lowest BCUT2D eigenvalue weighted by molar-refractivity contribution is -0.152. The molecule has 0 amide bonds. The predicted octanol–water partition coefficient (Wildman–Crippen LogP) is 6.81. The van der Waals surface area contributed by atoms with E-state index in [4.69, 9.17) is 4.74 Å². The Morgan fingerprint density at radius 2 is 1.50 bits per heavy atom. The van der Waals surface area contributed by atoms with Gasteiger partial charge < -0.3 is 4.74 Å². The van der Waals surface area contributed by atoms with Crippen LogP contribution in [0, 0.1) is 13.8 Å². The number of anilines is 1. The normalized spacial score (nSPS) is 11.8. The van der Waals surface area contributed by atoms with Crippen LogP contribution in [0.25, 0.3) is 10.8 Å². The molecule has 0 bridgehead atoms. The van der Waals surface area contributed by atoms with Crippen LogP contribution < -0.4 is 4.31 Å². The molecule has 0 aromatic heterocycles. The number of hydrogen-bond donors (Lipinski definition) is 0. The molecule has 40 heavy (non-hydrogen) atoms. The molecule has 0 unspecified atom stereocenters. The van der Waals surface area contributed by atoms with Crippen molar-refractivity contribution in [3.8, 4) is 0 Å². The Bertz CT molecular complexity index is 1630. The zero-order chi connectivity index (χ0) is 29.1. The fourth-order valence-electron chi connectivity index (χ4n) is 4.72. The quantitative estimate of drug-likeness (QED) is 0.167. The summed E-state index contributed by atoms with van der Waals surface area (Å²) in [6, 6.07) is 25.4. The van der Waals surface area contributed by atoms with Crippen molar-refractivity contribution in [2.75, 3.05) is 10.8 Å². The highest BCUT2D eigenvalue weighted by molar-refractivity contribution is 7.92. The van der Waals surface area contributed by atoms with Gasteiger partial charge in [-0.05, 0) is 92.8 Å².